The zero-order valence-electron chi connectivity index (χ0n) is 14.7. The summed E-state index contributed by atoms with van der Waals surface area (Å²) in [6, 6.07) is 6.29. The third-order valence-corrected chi connectivity index (χ3v) is 8.07. The van der Waals surface area contributed by atoms with E-state index in [0.29, 0.717) is 17.1 Å². The van der Waals surface area contributed by atoms with Crippen LogP contribution in [0.2, 0.25) is 0 Å². The molecule has 4 heteroatoms. The zero-order chi connectivity index (χ0) is 17.2. The Hall–Kier alpha value is -1.68. The molecule has 3 aliphatic carbocycles. The number of aromatic nitrogens is 1. The van der Waals surface area contributed by atoms with E-state index in [4.69, 9.17) is 4.74 Å². The van der Waals surface area contributed by atoms with Crippen LogP contribution < -0.4 is 4.74 Å². The molecule has 0 saturated heterocycles. The van der Waals surface area contributed by atoms with Gasteiger partial charge in [0.15, 0.2) is 0 Å². The summed E-state index contributed by atoms with van der Waals surface area (Å²) in [5, 5.41) is 0. The van der Waals surface area contributed by atoms with Crippen LogP contribution in [0.15, 0.2) is 24.4 Å². The van der Waals surface area contributed by atoms with Crippen molar-refractivity contribution in [3.05, 3.63) is 46.0 Å². The van der Waals surface area contributed by atoms with Gasteiger partial charge in [0.1, 0.15) is 5.75 Å². The molecule has 0 spiro atoms. The number of carbonyl (C=O) groups excluding carboxylic acids is 1. The maximum absolute atomic E-state index is 11.2. The monoisotopic (exact) mass is 353 g/mol. The van der Waals surface area contributed by atoms with Crippen molar-refractivity contribution >= 4 is 17.5 Å². The Morgan fingerprint density at radius 1 is 1.32 bits per heavy atom. The van der Waals surface area contributed by atoms with E-state index >= 15 is 0 Å². The van der Waals surface area contributed by atoms with Gasteiger partial charge in [-0.2, -0.15) is 0 Å². The van der Waals surface area contributed by atoms with E-state index < -0.39 is 0 Å². The normalized spacial score (nSPS) is 32.3. The highest BCUT2D eigenvalue weighted by Gasteiger charge is 2.53. The molecule has 0 bridgehead atoms. The number of ether oxygens (including phenoxy) is 1. The highest BCUT2D eigenvalue weighted by molar-refractivity contribution is 7.06. The fourth-order valence-electron chi connectivity index (χ4n) is 5.88. The molecule has 0 aliphatic heterocycles. The van der Waals surface area contributed by atoms with Gasteiger partial charge >= 0.3 is 5.97 Å². The van der Waals surface area contributed by atoms with Crippen molar-refractivity contribution in [2.24, 2.45) is 11.8 Å². The first-order chi connectivity index (χ1) is 12.1. The van der Waals surface area contributed by atoms with Crippen LogP contribution >= 0.6 is 11.5 Å². The first kappa shape index (κ1) is 15.6. The van der Waals surface area contributed by atoms with Gasteiger partial charge in [-0.05, 0) is 90.2 Å². The lowest BCUT2D eigenvalue weighted by Crippen LogP contribution is -2.42. The van der Waals surface area contributed by atoms with Crippen LogP contribution in [-0.2, 0) is 23.1 Å². The van der Waals surface area contributed by atoms with Gasteiger partial charge < -0.3 is 4.74 Å². The molecule has 3 aliphatic rings. The molecular formula is C21H23NO2S. The molecule has 3 nitrogen and oxygen atoms in total. The summed E-state index contributed by atoms with van der Waals surface area (Å²) in [6.45, 7) is 3.95. The summed E-state index contributed by atoms with van der Waals surface area (Å²) >= 11 is 1.73. The molecule has 0 N–H and O–H groups in total. The van der Waals surface area contributed by atoms with Gasteiger partial charge in [0.25, 0.3) is 0 Å². The van der Waals surface area contributed by atoms with E-state index in [1.807, 2.05) is 6.07 Å². The van der Waals surface area contributed by atoms with Crippen LogP contribution in [0.3, 0.4) is 0 Å². The van der Waals surface area contributed by atoms with Crippen molar-refractivity contribution in [3.8, 4) is 5.75 Å². The lowest BCUT2D eigenvalue weighted by atomic mass is 9.56. The van der Waals surface area contributed by atoms with E-state index in [0.717, 1.165) is 18.3 Å². The minimum absolute atomic E-state index is 0.243. The Labute approximate surface area is 152 Å². The van der Waals surface area contributed by atoms with E-state index in [9.17, 15) is 4.79 Å². The maximum Gasteiger partial charge on any atom is 0.308 e. The second-order valence-corrected chi connectivity index (χ2v) is 9.01. The van der Waals surface area contributed by atoms with Crippen molar-refractivity contribution in [2.75, 3.05) is 0 Å². The molecule has 1 aromatic carbocycles. The number of esters is 1. The average molecular weight is 353 g/mol. The minimum atomic E-state index is -0.243. The lowest BCUT2D eigenvalue weighted by Gasteiger charge is -2.49. The molecule has 0 unspecified atom stereocenters. The van der Waals surface area contributed by atoms with Crippen molar-refractivity contribution < 1.29 is 9.53 Å². The quantitative estimate of drug-likeness (QED) is 0.554. The van der Waals surface area contributed by atoms with Crippen molar-refractivity contribution in [1.82, 2.24) is 4.37 Å². The summed E-state index contributed by atoms with van der Waals surface area (Å²) in [5.41, 5.74) is 4.74. The Bertz CT molecular complexity index is 857. The fourth-order valence-corrected chi connectivity index (χ4v) is 6.88. The first-order valence-electron chi connectivity index (χ1n) is 9.31. The minimum Gasteiger partial charge on any atom is -0.427 e. The van der Waals surface area contributed by atoms with E-state index in [1.54, 1.807) is 16.4 Å². The summed E-state index contributed by atoms with van der Waals surface area (Å²) in [5.74, 6) is 2.64. The molecule has 1 saturated carbocycles. The second kappa shape index (κ2) is 5.41. The molecule has 1 heterocycles. The van der Waals surface area contributed by atoms with Gasteiger partial charge in [0, 0.05) is 23.4 Å². The van der Waals surface area contributed by atoms with Crippen LogP contribution in [0.25, 0.3) is 0 Å². The SMILES string of the molecule is CC(=O)Oc1ccc2c(c1)CC[C@@H]1[C@@H]2CC[C@]2(C)c3sncc3C[C@@H]12. The molecule has 0 radical (unpaired) electrons. The number of fused-ring (bicyclic) bond motifs is 7. The molecule has 25 heavy (non-hydrogen) atoms. The van der Waals surface area contributed by atoms with Gasteiger partial charge in [-0.1, -0.05) is 13.0 Å². The van der Waals surface area contributed by atoms with Gasteiger partial charge in [-0.3, -0.25) is 4.79 Å². The number of aryl methyl sites for hydroxylation is 1. The highest BCUT2D eigenvalue weighted by Crippen LogP contribution is 2.60. The molecule has 0 amide bonds. The van der Waals surface area contributed by atoms with E-state index in [-0.39, 0.29) is 5.97 Å². The predicted octanol–water partition coefficient (Wildman–Crippen LogP) is 4.64. The van der Waals surface area contributed by atoms with Crippen LogP contribution in [0.4, 0.5) is 0 Å². The third-order valence-electron chi connectivity index (χ3n) is 6.95. The summed E-state index contributed by atoms with van der Waals surface area (Å²) in [7, 11) is 0. The predicted molar refractivity (Wildman–Crippen MR) is 98.2 cm³/mol. The molecule has 2 aromatic rings. The number of rotatable bonds is 1. The summed E-state index contributed by atoms with van der Waals surface area (Å²) in [6.07, 6.45) is 8.20. The molecular weight excluding hydrogens is 330 g/mol. The summed E-state index contributed by atoms with van der Waals surface area (Å²) in [4.78, 5) is 12.8. The van der Waals surface area contributed by atoms with Gasteiger partial charge in [0.05, 0.1) is 0 Å². The molecule has 4 atom stereocenters. The standard InChI is InChI=1S/C21H23NO2S/c1-12(23)24-15-4-6-16-13(9-15)3-5-18-17(16)7-8-21(2)19(18)10-14-11-22-25-20(14)21/h4,6,9,11,17-19H,3,5,7-8,10H2,1-2H3/t17-,18-,19+,21+/m1/s1. The van der Waals surface area contributed by atoms with Crippen LogP contribution in [0, 0.1) is 11.8 Å². The van der Waals surface area contributed by atoms with E-state index in [1.165, 1.54) is 49.3 Å². The third kappa shape index (κ3) is 2.23. The number of benzene rings is 1. The molecule has 5 rings (SSSR count). The maximum atomic E-state index is 11.2. The average Bonchev–Trinajstić information content (AvgIpc) is 3.15. The van der Waals surface area contributed by atoms with Gasteiger partial charge in [-0.15, -0.1) is 0 Å². The Kier molecular flexibility index (Phi) is 3.37. The number of nitrogens with zero attached hydrogens (tertiary/aromatic N) is 1. The van der Waals surface area contributed by atoms with Crippen molar-refractivity contribution in [1.29, 1.82) is 0 Å². The first-order valence-corrected chi connectivity index (χ1v) is 10.1. The Balaban J connectivity index is 1.48. The van der Waals surface area contributed by atoms with Crippen LogP contribution in [0.5, 0.6) is 5.75 Å². The van der Waals surface area contributed by atoms with Crippen LogP contribution in [0.1, 0.15) is 60.6 Å². The topological polar surface area (TPSA) is 39.2 Å². The number of hydrogen-bond acceptors (Lipinski definition) is 4. The summed E-state index contributed by atoms with van der Waals surface area (Å²) < 4.78 is 9.74. The number of hydrogen-bond donors (Lipinski definition) is 0. The molecule has 1 fully saturated rings. The second-order valence-electron chi connectivity index (χ2n) is 8.21. The Morgan fingerprint density at radius 3 is 3.04 bits per heavy atom. The Morgan fingerprint density at radius 2 is 2.20 bits per heavy atom. The van der Waals surface area contributed by atoms with Gasteiger partial charge in [-0.25, -0.2) is 4.37 Å². The molecule has 1 aromatic heterocycles. The van der Waals surface area contributed by atoms with Crippen molar-refractivity contribution in [3.63, 3.8) is 0 Å². The van der Waals surface area contributed by atoms with E-state index in [2.05, 4.69) is 29.6 Å². The van der Waals surface area contributed by atoms with Gasteiger partial charge in [0.2, 0.25) is 0 Å². The zero-order valence-corrected chi connectivity index (χ0v) is 15.6. The fraction of sp³-hybridized carbons (Fsp3) is 0.524. The smallest absolute Gasteiger partial charge is 0.308 e. The van der Waals surface area contributed by atoms with Crippen molar-refractivity contribution in [2.45, 2.75) is 57.3 Å². The lowest BCUT2D eigenvalue weighted by molar-refractivity contribution is -0.131. The molecule has 130 valence electrons. The highest BCUT2D eigenvalue weighted by atomic mass is 32.1. The van der Waals surface area contributed by atoms with Crippen LogP contribution in [-0.4, -0.2) is 10.3 Å². The largest absolute Gasteiger partial charge is 0.427 e. The number of carbonyl (C=O) groups is 1.